The largest absolute Gasteiger partial charge is 0.352 e. The summed E-state index contributed by atoms with van der Waals surface area (Å²) in [4.78, 5) is 23.2. The van der Waals surface area contributed by atoms with Crippen molar-refractivity contribution in [2.75, 3.05) is 6.54 Å². The summed E-state index contributed by atoms with van der Waals surface area (Å²) in [7, 11) is 0. The molecule has 6 heteroatoms. The summed E-state index contributed by atoms with van der Waals surface area (Å²) < 4.78 is 1.56. The van der Waals surface area contributed by atoms with Gasteiger partial charge in [0.05, 0.1) is 12.1 Å². The van der Waals surface area contributed by atoms with E-state index in [1.54, 1.807) is 18.2 Å². The average molecular weight is 378 g/mol. The van der Waals surface area contributed by atoms with Gasteiger partial charge in [-0.15, -0.1) is 0 Å². The van der Waals surface area contributed by atoms with Gasteiger partial charge in [-0.05, 0) is 48.0 Å². The van der Waals surface area contributed by atoms with E-state index < -0.39 is 0 Å². The third-order valence-electron chi connectivity index (χ3n) is 2.03. The molecule has 18 heavy (non-hydrogen) atoms. The molecule has 0 heterocycles. The Balaban J connectivity index is 2.58. The average Bonchev–Trinajstić information content (AvgIpc) is 2.25. The third-order valence-corrected chi connectivity index (χ3v) is 3.18. The van der Waals surface area contributed by atoms with E-state index in [1.165, 1.54) is 0 Å². The number of amides is 2. The van der Waals surface area contributed by atoms with Crippen LogP contribution < -0.4 is 10.6 Å². The Kier molecular flexibility index (Phi) is 5.81. The van der Waals surface area contributed by atoms with Crippen molar-refractivity contribution in [3.05, 3.63) is 32.7 Å². The van der Waals surface area contributed by atoms with Crippen molar-refractivity contribution in [2.45, 2.75) is 19.9 Å². The second-order valence-electron chi connectivity index (χ2n) is 4.03. The molecule has 0 aliphatic carbocycles. The van der Waals surface area contributed by atoms with Crippen LogP contribution in [0.25, 0.3) is 0 Å². The van der Waals surface area contributed by atoms with Crippen molar-refractivity contribution in [2.24, 2.45) is 0 Å². The second-order valence-corrected chi connectivity index (χ2v) is 5.80. The minimum absolute atomic E-state index is 0.0283. The summed E-state index contributed by atoms with van der Waals surface area (Å²) in [6.07, 6.45) is 0. The van der Waals surface area contributed by atoms with Crippen molar-refractivity contribution in [3.8, 4) is 0 Å². The molecule has 0 fully saturated rings. The topological polar surface area (TPSA) is 58.2 Å². The lowest BCUT2D eigenvalue weighted by Crippen LogP contribution is -2.39. The summed E-state index contributed by atoms with van der Waals surface area (Å²) in [5.41, 5.74) is 0.496. The zero-order chi connectivity index (χ0) is 13.7. The van der Waals surface area contributed by atoms with Gasteiger partial charge in [-0.3, -0.25) is 9.59 Å². The molecule has 0 aromatic heterocycles. The summed E-state index contributed by atoms with van der Waals surface area (Å²) in [5, 5.41) is 5.27. The van der Waals surface area contributed by atoms with E-state index in [2.05, 4.69) is 42.5 Å². The highest BCUT2D eigenvalue weighted by molar-refractivity contribution is 9.11. The second kappa shape index (κ2) is 6.89. The van der Waals surface area contributed by atoms with Crippen LogP contribution >= 0.6 is 31.9 Å². The summed E-state index contributed by atoms with van der Waals surface area (Å²) in [5.74, 6) is -0.486. The zero-order valence-corrected chi connectivity index (χ0v) is 13.3. The molecule has 0 aliphatic rings. The molecule has 4 nitrogen and oxygen atoms in total. The van der Waals surface area contributed by atoms with E-state index in [-0.39, 0.29) is 24.4 Å². The Morgan fingerprint density at radius 2 is 1.94 bits per heavy atom. The van der Waals surface area contributed by atoms with Crippen molar-refractivity contribution in [1.29, 1.82) is 0 Å². The number of halogens is 2. The van der Waals surface area contributed by atoms with Gasteiger partial charge < -0.3 is 10.6 Å². The first-order chi connectivity index (χ1) is 8.40. The normalized spacial score (nSPS) is 10.3. The van der Waals surface area contributed by atoms with Crippen LogP contribution in [0.3, 0.4) is 0 Å². The van der Waals surface area contributed by atoms with E-state index in [4.69, 9.17) is 0 Å². The summed E-state index contributed by atoms with van der Waals surface area (Å²) in [6, 6.07) is 5.30. The van der Waals surface area contributed by atoms with Gasteiger partial charge >= 0.3 is 0 Å². The number of carbonyl (C=O) groups excluding carboxylic acids is 2. The molecule has 0 unspecified atom stereocenters. The molecule has 0 spiro atoms. The highest BCUT2D eigenvalue weighted by Crippen LogP contribution is 2.21. The molecule has 0 atom stereocenters. The first kappa shape index (κ1) is 15.2. The van der Waals surface area contributed by atoms with E-state index in [0.29, 0.717) is 10.0 Å². The molecule has 1 aromatic rings. The monoisotopic (exact) mass is 376 g/mol. The fourth-order valence-corrected chi connectivity index (χ4v) is 2.53. The quantitative estimate of drug-likeness (QED) is 0.846. The molecule has 0 aliphatic heterocycles. The summed E-state index contributed by atoms with van der Waals surface area (Å²) >= 11 is 6.61. The fraction of sp³-hybridized carbons (Fsp3) is 0.333. The predicted molar refractivity (Wildman–Crippen MR) is 77.5 cm³/mol. The number of hydrogen-bond acceptors (Lipinski definition) is 2. The van der Waals surface area contributed by atoms with Gasteiger partial charge in [0.1, 0.15) is 0 Å². The fourth-order valence-electron chi connectivity index (χ4n) is 1.30. The first-order valence-electron chi connectivity index (χ1n) is 5.42. The number of hydrogen-bond donors (Lipinski definition) is 2. The lowest BCUT2D eigenvalue weighted by Gasteiger charge is -2.10. The lowest BCUT2D eigenvalue weighted by atomic mass is 10.2. The number of rotatable bonds is 4. The van der Waals surface area contributed by atoms with Crippen LogP contribution in [-0.4, -0.2) is 24.4 Å². The van der Waals surface area contributed by atoms with Crippen molar-refractivity contribution in [3.63, 3.8) is 0 Å². The molecule has 0 saturated heterocycles. The lowest BCUT2D eigenvalue weighted by molar-refractivity contribution is -0.120. The van der Waals surface area contributed by atoms with Crippen LogP contribution in [0.5, 0.6) is 0 Å². The molecule has 1 aromatic carbocycles. The zero-order valence-electron chi connectivity index (χ0n) is 10.1. The van der Waals surface area contributed by atoms with Crippen molar-refractivity contribution in [1.82, 2.24) is 10.6 Å². The molecule has 1 rings (SSSR count). The highest BCUT2D eigenvalue weighted by Gasteiger charge is 2.11. The molecule has 0 radical (unpaired) electrons. The van der Waals surface area contributed by atoms with Gasteiger partial charge in [0.2, 0.25) is 5.91 Å². The SMILES string of the molecule is CC(C)NC(=O)CNC(=O)c1ccc(Br)cc1Br. The van der Waals surface area contributed by atoms with Crippen LogP contribution in [0.4, 0.5) is 0 Å². The molecule has 0 saturated carbocycles. The maximum absolute atomic E-state index is 11.8. The van der Waals surface area contributed by atoms with Crippen molar-refractivity contribution >= 4 is 43.7 Å². The Morgan fingerprint density at radius 1 is 1.28 bits per heavy atom. The van der Waals surface area contributed by atoms with Gasteiger partial charge in [0.25, 0.3) is 5.91 Å². The van der Waals surface area contributed by atoms with E-state index in [1.807, 2.05) is 13.8 Å². The Hall–Kier alpha value is -0.880. The summed E-state index contributed by atoms with van der Waals surface area (Å²) in [6.45, 7) is 3.70. The molecule has 2 N–H and O–H groups in total. The van der Waals surface area contributed by atoms with Crippen LogP contribution in [-0.2, 0) is 4.79 Å². The smallest absolute Gasteiger partial charge is 0.252 e. The number of carbonyl (C=O) groups is 2. The minimum Gasteiger partial charge on any atom is -0.352 e. The standard InChI is InChI=1S/C12H14Br2N2O2/c1-7(2)16-11(17)6-15-12(18)9-4-3-8(13)5-10(9)14/h3-5,7H,6H2,1-2H3,(H,15,18)(H,16,17). The highest BCUT2D eigenvalue weighted by atomic mass is 79.9. The van der Waals surface area contributed by atoms with Gasteiger partial charge in [-0.25, -0.2) is 0 Å². The van der Waals surface area contributed by atoms with Gasteiger partial charge in [0.15, 0.2) is 0 Å². The maximum Gasteiger partial charge on any atom is 0.252 e. The van der Waals surface area contributed by atoms with Gasteiger partial charge in [-0.2, -0.15) is 0 Å². The van der Waals surface area contributed by atoms with Crippen LogP contribution in [0, 0.1) is 0 Å². The van der Waals surface area contributed by atoms with Crippen molar-refractivity contribution < 1.29 is 9.59 Å². The number of nitrogens with one attached hydrogen (secondary N) is 2. The molecule has 0 bridgehead atoms. The Morgan fingerprint density at radius 3 is 2.50 bits per heavy atom. The first-order valence-corrected chi connectivity index (χ1v) is 7.01. The Bertz CT molecular complexity index is 461. The van der Waals surface area contributed by atoms with Gasteiger partial charge in [0, 0.05) is 15.0 Å². The maximum atomic E-state index is 11.8. The Labute approximate surface area is 123 Å². The van der Waals surface area contributed by atoms with Crippen LogP contribution in [0.15, 0.2) is 27.1 Å². The number of benzene rings is 1. The van der Waals surface area contributed by atoms with E-state index >= 15 is 0 Å². The molecular weight excluding hydrogens is 364 g/mol. The predicted octanol–water partition coefficient (Wildman–Crippen LogP) is 2.47. The minimum atomic E-state index is -0.284. The van der Waals surface area contributed by atoms with Crippen LogP contribution in [0.2, 0.25) is 0 Å². The van der Waals surface area contributed by atoms with Gasteiger partial charge in [-0.1, -0.05) is 15.9 Å². The van der Waals surface area contributed by atoms with E-state index in [9.17, 15) is 9.59 Å². The molecular formula is C12H14Br2N2O2. The molecule has 98 valence electrons. The third kappa shape index (κ3) is 4.78. The van der Waals surface area contributed by atoms with E-state index in [0.717, 1.165) is 4.47 Å². The van der Waals surface area contributed by atoms with Crippen LogP contribution in [0.1, 0.15) is 24.2 Å². The molecule has 2 amide bonds.